The molecule has 0 atom stereocenters. The minimum Gasteiger partial charge on any atom is -0.255 e. The molecule has 94 valence electrons. The summed E-state index contributed by atoms with van der Waals surface area (Å²) in [5.74, 6) is 0.698. The van der Waals surface area contributed by atoms with E-state index in [4.69, 9.17) is 0 Å². The third-order valence-electron chi connectivity index (χ3n) is 2.29. The molecule has 0 spiro atoms. The van der Waals surface area contributed by atoms with Gasteiger partial charge in [-0.15, -0.1) is 11.3 Å². The molecule has 0 saturated carbocycles. The zero-order chi connectivity index (χ0) is 13.1. The number of aromatic nitrogens is 4. The maximum Gasteiger partial charge on any atom is 0.194 e. The lowest BCUT2D eigenvalue weighted by Crippen LogP contribution is -1.86. The number of hydrogen-bond donors (Lipinski definition) is 0. The van der Waals surface area contributed by atoms with E-state index < -0.39 is 0 Å². The molecular weight excluding hydrogens is 312 g/mol. The number of aryl methyl sites for hydroxylation is 1. The largest absolute Gasteiger partial charge is 0.255 e. The van der Waals surface area contributed by atoms with E-state index in [2.05, 4.69) is 31.0 Å². The summed E-state index contributed by atoms with van der Waals surface area (Å²) in [6.07, 6.45) is 7.77. The van der Waals surface area contributed by atoms with Crippen molar-refractivity contribution in [3.63, 3.8) is 0 Å². The number of thiazole rings is 1. The van der Waals surface area contributed by atoms with Crippen molar-refractivity contribution in [1.29, 1.82) is 0 Å². The monoisotopic (exact) mass is 324 g/mol. The Morgan fingerprint density at radius 1 is 1.44 bits per heavy atom. The molecule has 2 aromatic heterocycles. The van der Waals surface area contributed by atoms with Crippen LogP contribution in [0.2, 0.25) is 0 Å². The molecule has 2 aromatic rings. The van der Waals surface area contributed by atoms with Gasteiger partial charge in [-0.05, 0) is 29.8 Å². The van der Waals surface area contributed by atoms with Crippen LogP contribution in [0, 0.1) is 0 Å². The summed E-state index contributed by atoms with van der Waals surface area (Å²) in [6, 6.07) is 0. The number of halogens is 1. The van der Waals surface area contributed by atoms with Gasteiger partial charge in [-0.25, -0.2) is 9.97 Å². The highest BCUT2D eigenvalue weighted by Crippen LogP contribution is 2.34. The van der Waals surface area contributed by atoms with E-state index >= 15 is 0 Å². The molecule has 6 heteroatoms. The summed E-state index contributed by atoms with van der Waals surface area (Å²) < 4.78 is 2.47. The van der Waals surface area contributed by atoms with Gasteiger partial charge in [0.05, 0.1) is 0 Å². The Hall–Kier alpha value is -1.27. The Labute approximate surface area is 118 Å². The van der Waals surface area contributed by atoms with Gasteiger partial charge < -0.3 is 0 Å². The molecule has 0 aromatic carbocycles. The predicted molar refractivity (Wildman–Crippen MR) is 78.3 cm³/mol. The molecule has 0 aliphatic rings. The Morgan fingerprint density at radius 2 is 2.22 bits per heavy atom. The van der Waals surface area contributed by atoms with E-state index in [1.807, 2.05) is 39.1 Å². The van der Waals surface area contributed by atoms with Crippen LogP contribution in [0.25, 0.3) is 16.3 Å². The molecule has 0 bridgehead atoms. The van der Waals surface area contributed by atoms with E-state index in [1.165, 1.54) is 0 Å². The second-order valence-electron chi connectivity index (χ2n) is 3.62. The minimum atomic E-state index is 0.698. The normalized spacial score (nSPS) is 12.6. The van der Waals surface area contributed by atoms with Crippen LogP contribution >= 0.6 is 27.3 Å². The first-order valence-corrected chi connectivity index (χ1v) is 7.08. The van der Waals surface area contributed by atoms with Gasteiger partial charge in [0, 0.05) is 12.6 Å². The van der Waals surface area contributed by atoms with Gasteiger partial charge in [-0.2, -0.15) is 5.10 Å². The highest BCUT2D eigenvalue weighted by molar-refractivity contribution is 9.10. The summed E-state index contributed by atoms with van der Waals surface area (Å²) in [6.45, 7) is 4.00. The van der Waals surface area contributed by atoms with Crippen molar-refractivity contribution in [2.75, 3.05) is 0 Å². The third kappa shape index (κ3) is 2.59. The lowest BCUT2D eigenvalue weighted by Gasteiger charge is -1.93. The smallest absolute Gasteiger partial charge is 0.194 e. The molecule has 2 heterocycles. The third-order valence-corrected chi connectivity index (χ3v) is 4.23. The lowest BCUT2D eigenvalue weighted by atomic mass is 10.2. The van der Waals surface area contributed by atoms with Crippen molar-refractivity contribution >= 4 is 32.8 Å². The SMILES string of the molecule is CC=CC(=CC)c1nc(Br)c(-c2ncn(C)n2)s1. The van der Waals surface area contributed by atoms with Crippen LogP contribution in [0.1, 0.15) is 18.9 Å². The van der Waals surface area contributed by atoms with Crippen LogP contribution in [0.4, 0.5) is 0 Å². The van der Waals surface area contributed by atoms with Gasteiger partial charge >= 0.3 is 0 Å². The maximum absolute atomic E-state index is 4.51. The van der Waals surface area contributed by atoms with Gasteiger partial charge in [-0.1, -0.05) is 18.2 Å². The topological polar surface area (TPSA) is 43.6 Å². The molecule has 0 N–H and O–H groups in total. The first-order chi connectivity index (χ1) is 8.65. The van der Waals surface area contributed by atoms with Gasteiger partial charge in [0.15, 0.2) is 5.82 Å². The first-order valence-electron chi connectivity index (χ1n) is 5.47. The van der Waals surface area contributed by atoms with E-state index in [0.717, 1.165) is 20.1 Å². The Balaban J connectivity index is 2.44. The van der Waals surface area contributed by atoms with Crippen LogP contribution in [-0.4, -0.2) is 19.7 Å². The molecular formula is C12H13BrN4S. The molecule has 0 fully saturated rings. The first kappa shape index (κ1) is 13.2. The van der Waals surface area contributed by atoms with Crippen molar-refractivity contribution in [2.45, 2.75) is 13.8 Å². The van der Waals surface area contributed by atoms with Crippen molar-refractivity contribution in [3.8, 4) is 10.7 Å². The van der Waals surface area contributed by atoms with Gasteiger partial charge in [0.2, 0.25) is 0 Å². The fraction of sp³-hybridized carbons (Fsp3) is 0.250. The molecule has 18 heavy (non-hydrogen) atoms. The van der Waals surface area contributed by atoms with Crippen molar-refractivity contribution in [1.82, 2.24) is 19.7 Å². The fourth-order valence-corrected chi connectivity index (χ4v) is 3.14. The van der Waals surface area contributed by atoms with E-state index in [-0.39, 0.29) is 0 Å². The molecule has 0 aliphatic carbocycles. The average Bonchev–Trinajstić information content (AvgIpc) is 2.92. The highest BCUT2D eigenvalue weighted by atomic mass is 79.9. The number of allylic oxidation sites excluding steroid dienone is 4. The van der Waals surface area contributed by atoms with Crippen molar-refractivity contribution in [2.24, 2.45) is 7.05 Å². The molecule has 0 amide bonds. The molecule has 0 radical (unpaired) electrons. The number of rotatable bonds is 3. The second-order valence-corrected chi connectivity index (χ2v) is 5.38. The van der Waals surface area contributed by atoms with Crippen LogP contribution in [0.3, 0.4) is 0 Å². The standard InChI is InChI=1S/C12H13BrN4S/c1-4-6-8(5-2)12-15-10(13)9(18-12)11-14-7-17(3)16-11/h4-7H,1-3H3. The van der Waals surface area contributed by atoms with E-state index in [1.54, 1.807) is 22.3 Å². The predicted octanol–water partition coefficient (Wildman–Crippen LogP) is 3.68. The minimum absolute atomic E-state index is 0.698. The number of hydrogen-bond acceptors (Lipinski definition) is 4. The molecule has 4 nitrogen and oxygen atoms in total. The lowest BCUT2D eigenvalue weighted by molar-refractivity contribution is 0.768. The Kier molecular flexibility index (Phi) is 4.08. The zero-order valence-electron chi connectivity index (χ0n) is 10.4. The van der Waals surface area contributed by atoms with E-state index in [0.29, 0.717) is 5.82 Å². The fourth-order valence-electron chi connectivity index (χ4n) is 1.48. The quantitative estimate of drug-likeness (QED) is 0.809. The summed E-state index contributed by atoms with van der Waals surface area (Å²) >= 11 is 5.05. The zero-order valence-corrected chi connectivity index (χ0v) is 12.8. The van der Waals surface area contributed by atoms with Crippen LogP contribution < -0.4 is 0 Å². The molecule has 0 unspecified atom stereocenters. The van der Waals surface area contributed by atoms with Crippen LogP contribution in [0.15, 0.2) is 29.2 Å². The Bertz CT molecular complexity index is 609. The summed E-state index contributed by atoms with van der Waals surface area (Å²) in [4.78, 5) is 9.71. The van der Waals surface area contributed by atoms with Gasteiger partial charge in [0.1, 0.15) is 20.8 Å². The number of nitrogens with zero attached hydrogens (tertiary/aromatic N) is 4. The van der Waals surface area contributed by atoms with Crippen LogP contribution in [0.5, 0.6) is 0 Å². The van der Waals surface area contributed by atoms with Gasteiger partial charge in [0.25, 0.3) is 0 Å². The van der Waals surface area contributed by atoms with Crippen LogP contribution in [-0.2, 0) is 7.05 Å². The summed E-state index contributed by atoms with van der Waals surface area (Å²) in [5, 5.41) is 5.26. The second kappa shape index (κ2) is 5.58. The highest BCUT2D eigenvalue weighted by Gasteiger charge is 2.15. The molecule has 0 aliphatic heterocycles. The van der Waals surface area contributed by atoms with Crippen molar-refractivity contribution < 1.29 is 0 Å². The van der Waals surface area contributed by atoms with Crippen molar-refractivity contribution in [3.05, 3.63) is 34.2 Å². The molecule has 0 saturated heterocycles. The van der Waals surface area contributed by atoms with Gasteiger partial charge in [-0.3, -0.25) is 4.68 Å². The summed E-state index contributed by atoms with van der Waals surface area (Å²) in [7, 11) is 1.85. The summed E-state index contributed by atoms with van der Waals surface area (Å²) in [5.41, 5.74) is 1.10. The van der Waals surface area contributed by atoms with E-state index in [9.17, 15) is 0 Å². The maximum atomic E-state index is 4.51. The average molecular weight is 325 g/mol. The molecule has 2 rings (SSSR count). The Morgan fingerprint density at radius 3 is 2.78 bits per heavy atom.